The third-order valence-electron chi connectivity index (χ3n) is 6.36. The van der Waals surface area contributed by atoms with Crippen molar-refractivity contribution in [1.82, 2.24) is 0 Å². The van der Waals surface area contributed by atoms with Gasteiger partial charge >= 0.3 is 5.97 Å². The zero-order chi connectivity index (χ0) is 25.5. The van der Waals surface area contributed by atoms with Crippen molar-refractivity contribution in [3.05, 3.63) is 0 Å². The van der Waals surface area contributed by atoms with Crippen LogP contribution in [0.5, 0.6) is 0 Å². The van der Waals surface area contributed by atoms with Gasteiger partial charge in [0.05, 0.1) is 33.0 Å². The van der Waals surface area contributed by atoms with Gasteiger partial charge in [-0.15, -0.1) is 0 Å². The molecule has 0 amide bonds. The molecule has 0 aromatic rings. The highest BCUT2D eigenvalue weighted by molar-refractivity contribution is 5.69. The average molecular weight is 501 g/mol. The zero-order valence-corrected chi connectivity index (χ0v) is 23.6. The molecule has 0 atom stereocenters. The predicted molar refractivity (Wildman–Crippen MR) is 147 cm³/mol. The van der Waals surface area contributed by atoms with Crippen LogP contribution in [0.3, 0.4) is 0 Å². The molecule has 0 saturated carbocycles. The van der Waals surface area contributed by atoms with Gasteiger partial charge in [-0.05, 0) is 12.8 Å². The molecule has 5 heteroatoms. The summed E-state index contributed by atoms with van der Waals surface area (Å²) in [4.78, 5) is 11.4. The van der Waals surface area contributed by atoms with E-state index in [-0.39, 0.29) is 5.97 Å². The molecule has 0 aromatic heterocycles. The Balaban J connectivity index is 3.06. The molecular weight excluding hydrogens is 440 g/mol. The van der Waals surface area contributed by atoms with Gasteiger partial charge in [0, 0.05) is 13.0 Å². The molecule has 0 N–H and O–H groups in total. The van der Waals surface area contributed by atoms with E-state index in [9.17, 15) is 4.79 Å². The number of hydrogen-bond donors (Lipinski definition) is 0. The molecule has 0 aliphatic carbocycles. The maximum atomic E-state index is 11.4. The summed E-state index contributed by atoms with van der Waals surface area (Å²) in [6.07, 6.45) is 25.9. The molecule has 0 bridgehead atoms. The van der Waals surface area contributed by atoms with Crippen molar-refractivity contribution in [3.63, 3.8) is 0 Å². The minimum Gasteiger partial charge on any atom is -0.463 e. The monoisotopic (exact) mass is 500 g/mol. The summed E-state index contributed by atoms with van der Waals surface area (Å²) in [7, 11) is 0. The number of ether oxygens (including phenoxy) is 4. The van der Waals surface area contributed by atoms with Crippen molar-refractivity contribution in [2.75, 3.05) is 46.2 Å². The van der Waals surface area contributed by atoms with Crippen LogP contribution in [0.2, 0.25) is 0 Å². The molecule has 0 heterocycles. The lowest BCUT2D eigenvalue weighted by atomic mass is 10.0. The minimum absolute atomic E-state index is 0.125. The van der Waals surface area contributed by atoms with Crippen molar-refractivity contribution in [3.8, 4) is 0 Å². The Kier molecular flexibility index (Phi) is 30.8. The van der Waals surface area contributed by atoms with E-state index < -0.39 is 0 Å². The van der Waals surface area contributed by atoms with Crippen LogP contribution in [0.15, 0.2) is 0 Å². The van der Waals surface area contributed by atoms with Gasteiger partial charge < -0.3 is 18.9 Å². The Labute approximate surface area is 218 Å². The summed E-state index contributed by atoms with van der Waals surface area (Å²) in [6, 6.07) is 0. The molecule has 0 aliphatic rings. The minimum atomic E-state index is -0.125. The maximum Gasteiger partial charge on any atom is 0.305 e. The third-order valence-corrected chi connectivity index (χ3v) is 6.36. The van der Waals surface area contributed by atoms with Gasteiger partial charge in [-0.3, -0.25) is 4.79 Å². The summed E-state index contributed by atoms with van der Waals surface area (Å²) in [5.74, 6) is -0.125. The predicted octanol–water partition coefficient (Wildman–Crippen LogP) is 8.42. The quantitative estimate of drug-likeness (QED) is 0.0731. The standard InChI is InChI=1S/C30H60O5/c1-3-5-7-8-9-10-11-12-13-14-15-16-17-18-19-21-23-32-24-25-33-26-27-34-28-29-35-30(31)22-20-6-4-2/h3-29H2,1-2H3. The second-order valence-corrected chi connectivity index (χ2v) is 9.82. The van der Waals surface area contributed by atoms with Gasteiger partial charge in [-0.2, -0.15) is 0 Å². The van der Waals surface area contributed by atoms with E-state index in [1.54, 1.807) is 0 Å². The summed E-state index contributed by atoms with van der Waals surface area (Å²) < 4.78 is 21.7. The fourth-order valence-corrected chi connectivity index (χ4v) is 4.10. The van der Waals surface area contributed by atoms with E-state index in [1.807, 2.05) is 0 Å². The zero-order valence-electron chi connectivity index (χ0n) is 23.6. The van der Waals surface area contributed by atoms with Gasteiger partial charge in [-0.1, -0.05) is 123 Å². The Morgan fingerprint density at radius 1 is 0.400 bits per heavy atom. The number of carbonyl (C=O) groups is 1. The number of rotatable bonds is 30. The molecule has 5 nitrogen and oxygen atoms in total. The molecule has 0 rings (SSSR count). The summed E-state index contributed by atoms with van der Waals surface area (Å²) in [5, 5.41) is 0. The van der Waals surface area contributed by atoms with Crippen LogP contribution in [0.1, 0.15) is 142 Å². The van der Waals surface area contributed by atoms with Crippen LogP contribution in [-0.4, -0.2) is 52.2 Å². The Morgan fingerprint density at radius 3 is 1.20 bits per heavy atom. The molecule has 0 aliphatic heterocycles. The Morgan fingerprint density at radius 2 is 0.743 bits per heavy atom. The second-order valence-electron chi connectivity index (χ2n) is 9.82. The van der Waals surface area contributed by atoms with Crippen molar-refractivity contribution in [2.24, 2.45) is 0 Å². The molecule has 0 radical (unpaired) electrons. The SMILES string of the molecule is CCCCCCCCCCCCCCCCCCOCCOCCOCCOC(=O)CCCCC. The lowest BCUT2D eigenvalue weighted by Crippen LogP contribution is -2.14. The normalized spacial score (nSPS) is 11.3. The molecule has 0 fully saturated rings. The highest BCUT2D eigenvalue weighted by Gasteiger charge is 2.01. The van der Waals surface area contributed by atoms with Gasteiger partial charge in [0.25, 0.3) is 0 Å². The fraction of sp³-hybridized carbons (Fsp3) is 0.967. The Bertz CT molecular complexity index is 402. The smallest absolute Gasteiger partial charge is 0.305 e. The highest BCUT2D eigenvalue weighted by atomic mass is 16.6. The number of hydrogen-bond acceptors (Lipinski definition) is 5. The van der Waals surface area contributed by atoms with E-state index in [0.29, 0.717) is 46.1 Å². The van der Waals surface area contributed by atoms with Gasteiger partial charge in [0.15, 0.2) is 0 Å². The molecule has 0 aromatic carbocycles. The topological polar surface area (TPSA) is 54.0 Å². The fourth-order valence-electron chi connectivity index (χ4n) is 4.10. The average Bonchev–Trinajstić information content (AvgIpc) is 2.86. The maximum absolute atomic E-state index is 11.4. The molecule has 0 spiro atoms. The van der Waals surface area contributed by atoms with E-state index >= 15 is 0 Å². The van der Waals surface area contributed by atoms with Crippen LogP contribution >= 0.6 is 0 Å². The van der Waals surface area contributed by atoms with Gasteiger partial charge in [0.1, 0.15) is 6.61 Å². The summed E-state index contributed by atoms with van der Waals surface area (Å²) >= 11 is 0. The van der Waals surface area contributed by atoms with Crippen LogP contribution in [0.4, 0.5) is 0 Å². The molecule has 0 unspecified atom stereocenters. The first-order valence-corrected chi connectivity index (χ1v) is 15.2. The lowest BCUT2D eigenvalue weighted by Gasteiger charge is -2.08. The number of unbranched alkanes of at least 4 members (excludes halogenated alkanes) is 17. The lowest BCUT2D eigenvalue weighted by molar-refractivity contribution is -0.145. The van der Waals surface area contributed by atoms with Crippen molar-refractivity contribution in [2.45, 2.75) is 142 Å². The van der Waals surface area contributed by atoms with E-state index in [0.717, 1.165) is 32.3 Å². The van der Waals surface area contributed by atoms with Crippen LogP contribution in [0.25, 0.3) is 0 Å². The van der Waals surface area contributed by atoms with Crippen LogP contribution in [-0.2, 0) is 23.7 Å². The van der Waals surface area contributed by atoms with Gasteiger partial charge in [0.2, 0.25) is 0 Å². The van der Waals surface area contributed by atoms with Crippen molar-refractivity contribution < 1.29 is 23.7 Å². The van der Waals surface area contributed by atoms with Crippen molar-refractivity contribution in [1.29, 1.82) is 0 Å². The second kappa shape index (κ2) is 31.4. The first-order chi connectivity index (χ1) is 17.3. The summed E-state index contributed by atoms with van der Waals surface area (Å²) in [6.45, 7) is 8.32. The molecular formula is C30H60O5. The van der Waals surface area contributed by atoms with Crippen LogP contribution in [0, 0.1) is 0 Å². The van der Waals surface area contributed by atoms with Crippen LogP contribution < -0.4 is 0 Å². The first kappa shape index (κ1) is 34.4. The molecule has 35 heavy (non-hydrogen) atoms. The van der Waals surface area contributed by atoms with E-state index in [1.165, 1.54) is 96.3 Å². The van der Waals surface area contributed by atoms with E-state index in [4.69, 9.17) is 18.9 Å². The molecule has 210 valence electrons. The number of carbonyl (C=O) groups excluding carboxylic acids is 1. The molecule has 0 saturated heterocycles. The van der Waals surface area contributed by atoms with E-state index in [2.05, 4.69) is 13.8 Å². The first-order valence-electron chi connectivity index (χ1n) is 15.2. The highest BCUT2D eigenvalue weighted by Crippen LogP contribution is 2.13. The van der Waals surface area contributed by atoms with Gasteiger partial charge in [-0.25, -0.2) is 0 Å². The summed E-state index contributed by atoms with van der Waals surface area (Å²) in [5.41, 5.74) is 0. The van der Waals surface area contributed by atoms with Crippen molar-refractivity contribution >= 4 is 5.97 Å². The third kappa shape index (κ3) is 31.3. The Hall–Kier alpha value is -0.650. The largest absolute Gasteiger partial charge is 0.463 e. The number of esters is 1.